The molecule has 0 aliphatic carbocycles. The van der Waals surface area contributed by atoms with Crippen molar-refractivity contribution in [3.05, 3.63) is 74.3 Å². The fourth-order valence-electron chi connectivity index (χ4n) is 2.49. The molecule has 1 heterocycles. The highest BCUT2D eigenvalue weighted by atomic mass is 32.1. The number of carbonyl (C=O) groups excluding carboxylic acids is 1. The van der Waals surface area contributed by atoms with E-state index >= 15 is 0 Å². The van der Waals surface area contributed by atoms with Crippen molar-refractivity contribution in [1.82, 2.24) is 15.3 Å². The van der Waals surface area contributed by atoms with Crippen LogP contribution in [-0.2, 0) is 6.42 Å². The van der Waals surface area contributed by atoms with Crippen LogP contribution >= 0.6 is 12.2 Å². The predicted octanol–water partition coefficient (Wildman–Crippen LogP) is 2.84. The number of fused-ring (bicyclic) bond motifs is 1. The summed E-state index contributed by atoms with van der Waals surface area (Å²) in [5.41, 5.74) is 0.317. The monoisotopic (exact) mass is 361 g/mol. The second kappa shape index (κ2) is 6.94. The summed E-state index contributed by atoms with van der Waals surface area (Å²) in [7, 11) is 0. The molecule has 1 amide bonds. The number of aromatic amines is 2. The van der Waals surface area contributed by atoms with E-state index in [1.807, 2.05) is 0 Å². The van der Waals surface area contributed by atoms with E-state index < -0.39 is 17.5 Å². The lowest BCUT2D eigenvalue weighted by atomic mass is 10.1. The summed E-state index contributed by atoms with van der Waals surface area (Å²) >= 11 is 4.90. The van der Waals surface area contributed by atoms with E-state index in [2.05, 4.69) is 15.3 Å². The number of H-pyrrole nitrogens is 2. The van der Waals surface area contributed by atoms with E-state index in [-0.39, 0.29) is 28.9 Å². The molecule has 8 heteroatoms. The molecule has 3 rings (SSSR count). The molecule has 0 spiro atoms. The van der Waals surface area contributed by atoms with Gasteiger partial charge in [0.1, 0.15) is 11.6 Å². The van der Waals surface area contributed by atoms with Crippen molar-refractivity contribution in [3.8, 4) is 0 Å². The molecule has 2 aromatic carbocycles. The van der Waals surface area contributed by atoms with E-state index in [4.69, 9.17) is 12.2 Å². The van der Waals surface area contributed by atoms with Crippen LogP contribution in [-0.4, -0.2) is 22.4 Å². The summed E-state index contributed by atoms with van der Waals surface area (Å²) in [4.78, 5) is 29.2. The SMILES string of the molecule is O=C(NCCc1c(F)cccc1F)c1ccc2c(=O)[nH]c(=S)[nH]c2c1. The van der Waals surface area contributed by atoms with Crippen molar-refractivity contribution < 1.29 is 13.6 Å². The number of halogens is 2. The number of aromatic nitrogens is 2. The van der Waals surface area contributed by atoms with Crippen LogP contribution < -0.4 is 10.9 Å². The van der Waals surface area contributed by atoms with Crippen LogP contribution in [0.4, 0.5) is 8.78 Å². The molecule has 0 unspecified atom stereocenters. The van der Waals surface area contributed by atoms with Crippen molar-refractivity contribution in [2.45, 2.75) is 6.42 Å². The third-order valence-electron chi connectivity index (χ3n) is 3.72. The number of amides is 1. The van der Waals surface area contributed by atoms with Crippen molar-refractivity contribution in [3.63, 3.8) is 0 Å². The van der Waals surface area contributed by atoms with Gasteiger partial charge in [0.2, 0.25) is 0 Å². The van der Waals surface area contributed by atoms with Crippen LogP contribution in [0.5, 0.6) is 0 Å². The van der Waals surface area contributed by atoms with Crippen LogP contribution in [0.25, 0.3) is 10.9 Å². The normalized spacial score (nSPS) is 10.8. The number of hydrogen-bond donors (Lipinski definition) is 3. The second-order valence-electron chi connectivity index (χ2n) is 5.37. The minimum absolute atomic E-state index is 0.0277. The zero-order valence-corrected chi connectivity index (χ0v) is 13.7. The zero-order valence-electron chi connectivity index (χ0n) is 12.9. The van der Waals surface area contributed by atoms with E-state index in [0.717, 1.165) is 0 Å². The third kappa shape index (κ3) is 3.63. The molecular weight excluding hydrogens is 348 g/mol. The van der Waals surface area contributed by atoms with Gasteiger partial charge in [0.15, 0.2) is 4.77 Å². The summed E-state index contributed by atoms with van der Waals surface area (Å²) in [6.07, 6.45) is 0.0277. The van der Waals surface area contributed by atoms with Crippen molar-refractivity contribution in [2.24, 2.45) is 0 Å². The molecule has 0 fully saturated rings. The van der Waals surface area contributed by atoms with Crippen LogP contribution in [0.2, 0.25) is 0 Å². The van der Waals surface area contributed by atoms with Crippen molar-refractivity contribution in [2.75, 3.05) is 6.54 Å². The Bertz CT molecular complexity index is 1060. The number of rotatable bonds is 4. The number of benzene rings is 2. The van der Waals surface area contributed by atoms with E-state index in [0.29, 0.717) is 16.5 Å². The van der Waals surface area contributed by atoms with E-state index in [1.165, 1.54) is 36.4 Å². The molecule has 0 aliphatic rings. The Labute approximate surface area is 145 Å². The highest BCUT2D eigenvalue weighted by Gasteiger charge is 2.11. The van der Waals surface area contributed by atoms with Gasteiger partial charge in [-0.05, 0) is 49.0 Å². The van der Waals surface area contributed by atoms with Gasteiger partial charge in [0, 0.05) is 17.7 Å². The summed E-state index contributed by atoms with van der Waals surface area (Å²) in [5.74, 6) is -1.71. The Morgan fingerprint density at radius 1 is 1.12 bits per heavy atom. The van der Waals surface area contributed by atoms with Crippen LogP contribution in [0.15, 0.2) is 41.2 Å². The minimum Gasteiger partial charge on any atom is -0.352 e. The Hall–Kier alpha value is -2.87. The topological polar surface area (TPSA) is 77.8 Å². The number of carbonyl (C=O) groups is 1. The quantitative estimate of drug-likeness (QED) is 0.626. The first-order valence-electron chi connectivity index (χ1n) is 7.43. The second-order valence-corrected chi connectivity index (χ2v) is 5.78. The molecule has 0 atom stereocenters. The van der Waals surface area contributed by atoms with Gasteiger partial charge < -0.3 is 10.3 Å². The molecule has 1 aromatic heterocycles. The molecule has 0 saturated carbocycles. The van der Waals surface area contributed by atoms with Gasteiger partial charge in [0.05, 0.1) is 10.9 Å². The highest BCUT2D eigenvalue weighted by molar-refractivity contribution is 7.71. The predicted molar refractivity (Wildman–Crippen MR) is 92.1 cm³/mol. The molecule has 25 heavy (non-hydrogen) atoms. The lowest BCUT2D eigenvalue weighted by molar-refractivity contribution is 0.0954. The summed E-state index contributed by atoms with van der Waals surface area (Å²) < 4.78 is 27.3. The summed E-state index contributed by atoms with van der Waals surface area (Å²) in [6.45, 7) is 0.0695. The van der Waals surface area contributed by atoms with Gasteiger partial charge in [-0.25, -0.2) is 8.78 Å². The first-order valence-corrected chi connectivity index (χ1v) is 7.84. The maximum Gasteiger partial charge on any atom is 0.259 e. The zero-order chi connectivity index (χ0) is 18.0. The lowest BCUT2D eigenvalue weighted by Gasteiger charge is -2.08. The van der Waals surface area contributed by atoms with Gasteiger partial charge in [-0.15, -0.1) is 0 Å². The van der Waals surface area contributed by atoms with Gasteiger partial charge >= 0.3 is 0 Å². The van der Waals surface area contributed by atoms with Gasteiger partial charge in [0.25, 0.3) is 11.5 Å². The molecule has 0 bridgehead atoms. The van der Waals surface area contributed by atoms with E-state index in [1.54, 1.807) is 0 Å². The Kier molecular flexibility index (Phi) is 4.71. The fourth-order valence-corrected chi connectivity index (χ4v) is 2.69. The molecule has 5 nitrogen and oxygen atoms in total. The summed E-state index contributed by atoms with van der Waals surface area (Å²) in [5, 5.41) is 2.97. The molecular formula is C17H13F2N3O2S. The third-order valence-corrected chi connectivity index (χ3v) is 3.93. The standard InChI is InChI=1S/C17H13F2N3O2S/c18-12-2-1-3-13(19)10(12)6-7-20-15(23)9-4-5-11-14(8-9)21-17(25)22-16(11)24/h1-5,8H,6-7H2,(H,20,23)(H2,21,22,24,25). The molecule has 3 N–H and O–H groups in total. The molecule has 0 saturated heterocycles. The summed E-state index contributed by atoms with van der Waals surface area (Å²) in [6, 6.07) is 8.12. The fraction of sp³-hybridized carbons (Fsp3) is 0.118. The largest absolute Gasteiger partial charge is 0.352 e. The van der Waals surface area contributed by atoms with Gasteiger partial charge in [-0.1, -0.05) is 6.07 Å². The van der Waals surface area contributed by atoms with Crippen LogP contribution in [0.3, 0.4) is 0 Å². The average molecular weight is 361 g/mol. The smallest absolute Gasteiger partial charge is 0.259 e. The maximum absolute atomic E-state index is 13.5. The first kappa shape index (κ1) is 17.0. The Morgan fingerprint density at radius 2 is 1.84 bits per heavy atom. The number of nitrogens with one attached hydrogen (secondary N) is 3. The Morgan fingerprint density at radius 3 is 2.56 bits per heavy atom. The maximum atomic E-state index is 13.5. The van der Waals surface area contributed by atoms with Gasteiger partial charge in [-0.3, -0.25) is 14.6 Å². The van der Waals surface area contributed by atoms with E-state index in [9.17, 15) is 18.4 Å². The van der Waals surface area contributed by atoms with Crippen LogP contribution in [0.1, 0.15) is 15.9 Å². The lowest BCUT2D eigenvalue weighted by Crippen LogP contribution is -2.26. The highest BCUT2D eigenvalue weighted by Crippen LogP contribution is 2.13. The Balaban J connectivity index is 1.74. The van der Waals surface area contributed by atoms with Crippen molar-refractivity contribution >= 4 is 29.0 Å². The molecule has 3 aromatic rings. The van der Waals surface area contributed by atoms with Crippen LogP contribution in [0, 0.1) is 16.4 Å². The molecule has 0 radical (unpaired) electrons. The molecule has 128 valence electrons. The number of hydrogen-bond acceptors (Lipinski definition) is 3. The van der Waals surface area contributed by atoms with Gasteiger partial charge in [-0.2, -0.15) is 0 Å². The average Bonchev–Trinajstić information content (AvgIpc) is 2.56. The molecule has 0 aliphatic heterocycles. The minimum atomic E-state index is -0.647. The van der Waals surface area contributed by atoms with Crippen molar-refractivity contribution in [1.29, 1.82) is 0 Å². The first-order chi connectivity index (χ1) is 12.0.